The summed E-state index contributed by atoms with van der Waals surface area (Å²) >= 11 is 3.54. The predicted molar refractivity (Wildman–Crippen MR) is 81.6 cm³/mol. The van der Waals surface area contributed by atoms with E-state index in [2.05, 4.69) is 25.9 Å². The molecule has 2 rings (SSSR count). The van der Waals surface area contributed by atoms with Gasteiger partial charge in [0.15, 0.2) is 0 Å². The maximum absolute atomic E-state index is 11.1. The van der Waals surface area contributed by atoms with Gasteiger partial charge in [0.25, 0.3) is 0 Å². The summed E-state index contributed by atoms with van der Waals surface area (Å²) in [5.41, 5.74) is -0.0000104. The van der Waals surface area contributed by atoms with Crippen LogP contribution in [0.5, 0.6) is 0 Å². The highest BCUT2D eigenvalue weighted by molar-refractivity contribution is 9.10. The monoisotopic (exact) mass is 345 g/mol. The number of halogens is 1. The highest BCUT2D eigenvalue weighted by Gasteiger charge is 2.42. The van der Waals surface area contributed by atoms with Crippen molar-refractivity contribution in [3.05, 3.63) is 16.4 Å². The summed E-state index contributed by atoms with van der Waals surface area (Å²) in [4.78, 5) is 2.11. The lowest BCUT2D eigenvalue weighted by Gasteiger charge is -2.39. The minimum atomic E-state index is -0.876. The highest BCUT2D eigenvalue weighted by atomic mass is 79.9. The molecule has 1 saturated heterocycles. The number of likely N-dealkylation sites (N-methyl/N-ethyl adjacent to an activating group) is 1. The van der Waals surface area contributed by atoms with Gasteiger partial charge in [0.1, 0.15) is 5.60 Å². The summed E-state index contributed by atoms with van der Waals surface area (Å²) in [6.07, 6.45) is 3.07. The van der Waals surface area contributed by atoms with Crippen LogP contribution in [-0.2, 0) is 16.9 Å². The molecule has 1 aliphatic rings. The molecule has 0 bridgehead atoms. The van der Waals surface area contributed by atoms with Gasteiger partial charge in [-0.2, -0.15) is 5.10 Å². The Labute approximate surface area is 129 Å². The van der Waals surface area contributed by atoms with E-state index in [1.54, 1.807) is 6.20 Å². The molecule has 0 amide bonds. The molecule has 1 fully saturated rings. The third-order valence-corrected chi connectivity index (χ3v) is 4.29. The van der Waals surface area contributed by atoms with Crippen LogP contribution in [0.3, 0.4) is 0 Å². The van der Waals surface area contributed by atoms with Gasteiger partial charge < -0.3 is 14.7 Å². The number of aromatic nitrogens is 2. The van der Waals surface area contributed by atoms with Gasteiger partial charge in [0.05, 0.1) is 35.1 Å². The quantitative estimate of drug-likeness (QED) is 0.906. The van der Waals surface area contributed by atoms with E-state index in [1.165, 1.54) is 0 Å². The first kappa shape index (κ1) is 15.9. The first-order valence-corrected chi connectivity index (χ1v) is 7.85. The fourth-order valence-electron chi connectivity index (χ4n) is 3.01. The minimum Gasteiger partial charge on any atom is -0.383 e. The Morgan fingerprint density at radius 1 is 1.45 bits per heavy atom. The van der Waals surface area contributed by atoms with E-state index in [0.717, 1.165) is 23.3 Å². The van der Waals surface area contributed by atoms with Gasteiger partial charge in [-0.3, -0.25) is 4.68 Å². The summed E-state index contributed by atoms with van der Waals surface area (Å²) < 4.78 is 8.53. The number of hydrogen-bond donors (Lipinski definition) is 1. The van der Waals surface area contributed by atoms with Crippen molar-refractivity contribution in [2.24, 2.45) is 0 Å². The molecule has 2 atom stereocenters. The second-order valence-electron chi connectivity index (χ2n) is 6.06. The minimum absolute atomic E-state index is 0.0489. The van der Waals surface area contributed by atoms with Crippen LogP contribution >= 0.6 is 15.9 Å². The van der Waals surface area contributed by atoms with E-state index in [0.29, 0.717) is 12.8 Å². The molecule has 1 aromatic rings. The van der Waals surface area contributed by atoms with Gasteiger partial charge in [0, 0.05) is 19.4 Å². The van der Waals surface area contributed by atoms with E-state index in [1.807, 2.05) is 32.6 Å². The molecule has 0 spiro atoms. The Kier molecular flexibility index (Phi) is 4.89. The van der Waals surface area contributed by atoms with Crippen molar-refractivity contribution in [3.63, 3.8) is 0 Å². The average Bonchev–Trinajstić information content (AvgIpc) is 2.66. The zero-order chi connectivity index (χ0) is 14.9. The summed E-state index contributed by atoms with van der Waals surface area (Å²) in [7, 11) is 4.07. The fraction of sp³-hybridized carbons (Fsp3) is 0.786. The average molecular weight is 346 g/mol. The van der Waals surface area contributed by atoms with E-state index in [9.17, 15) is 5.11 Å². The Balaban J connectivity index is 2.28. The van der Waals surface area contributed by atoms with Gasteiger partial charge in [-0.1, -0.05) is 0 Å². The molecule has 20 heavy (non-hydrogen) atoms. The van der Waals surface area contributed by atoms with Crippen molar-refractivity contribution < 1.29 is 9.84 Å². The van der Waals surface area contributed by atoms with Gasteiger partial charge in [-0.15, -0.1) is 0 Å². The first-order chi connectivity index (χ1) is 9.32. The molecule has 5 nitrogen and oxygen atoms in total. The molecule has 0 aliphatic carbocycles. The molecule has 114 valence electrons. The van der Waals surface area contributed by atoms with Crippen LogP contribution in [0.15, 0.2) is 10.7 Å². The first-order valence-electron chi connectivity index (χ1n) is 7.06. The van der Waals surface area contributed by atoms with Crippen LogP contribution < -0.4 is 0 Å². The van der Waals surface area contributed by atoms with Crippen molar-refractivity contribution in [2.45, 2.75) is 51.0 Å². The van der Waals surface area contributed by atoms with Gasteiger partial charge in [-0.25, -0.2) is 0 Å². The lowest BCUT2D eigenvalue weighted by Crippen LogP contribution is -2.43. The SMILES string of the molecule is CC1CC(O)(c2c(Br)cnn2CCN(C)C)CC(C)O1. The maximum atomic E-state index is 11.1. The molecular weight excluding hydrogens is 322 g/mol. The molecule has 1 N–H and O–H groups in total. The van der Waals surface area contributed by atoms with Gasteiger partial charge >= 0.3 is 0 Å². The number of aliphatic hydroxyl groups is 1. The van der Waals surface area contributed by atoms with Crippen molar-refractivity contribution in [1.82, 2.24) is 14.7 Å². The van der Waals surface area contributed by atoms with Crippen LogP contribution in [-0.4, -0.2) is 52.6 Å². The van der Waals surface area contributed by atoms with Crippen LogP contribution in [0.2, 0.25) is 0 Å². The van der Waals surface area contributed by atoms with Crippen molar-refractivity contribution >= 4 is 15.9 Å². The van der Waals surface area contributed by atoms with E-state index < -0.39 is 5.60 Å². The smallest absolute Gasteiger partial charge is 0.112 e. The number of nitrogens with zero attached hydrogens (tertiary/aromatic N) is 3. The second kappa shape index (κ2) is 6.13. The fourth-order valence-corrected chi connectivity index (χ4v) is 3.68. The van der Waals surface area contributed by atoms with Crippen molar-refractivity contribution in [1.29, 1.82) is 0 Å². The Morgan fingerprint density at radius 2 is 2.05 bits per heavy atom. The van der Waals surface area contributed by atoms with E-state index in [4.69, 9.17) is 4.74 Å². The number of ether oxygens (including phenoxy) is 1. The van der Waals surface area contributed by atoms with Crippen LogP contribution in [0.4, 0.5) is 0 Å². The zero-order valence-electron chi connectivity index (χ0n) is 12.6. The summed E-state index contributed by atoms with van der Waals surface area (Å²) in [6.45, 7) is 5.67. The highest BCUT2D eigenvalue weighted by Crippen LogP contribution is 2.40. The largest absolute Gasteiger partial charge is 0.383 e. The van der Waals surface area contributed by atoms with Crippen LogP contribution in [0, 0.1) is 0 Å². The maximum Gasteiger partial charge on any atom is 0.112 e. The number of rotatable bonds is 4. The predicted octanol–water partition coefficient (Wildman–Crippen LogP) is 1.98. The summed E-state index contributed by atoms with van der Waals surface area (Å²) in [5.74, 6) is 0. The van der Waals surface area contributed by atoms with Gasteiger partial charge in [0.2, 0.25) is 0 Å². The van der Waals surface area contributed by atoms with Crippen LogP contribution in [0.1, 0.15) is 32.4 Å². The Morgan fingerprint density at radius 3 is 2.60 bits per heavy atom. The molecule has 1 aliphatic heterocycles. The third kappa shape index (κ3) is 3.42. The molecule has 0 saturated carbocycles. The Hall–Kier alpha value is -0.430. The number of hydrogen-bond acceptors (Lipinski definition) is 4. The lowest BCUT2D eigenvalue weighted by atomic mass is 9.85. The molecule has 2 heterocycles. The summed E-state index contributed by atoms with van der Waals surface area (Å²) in [6, 6.07) is 0. The lowest BCUT2D eigenvalue weighted by molar-refractivity contribution is -0.139. The molecule has 1 aromatic heterocycles. The Bertz CT molecular complexity index is 451. The topological polar surface area (TPSA) is 50.5 Å². The molecule has 2 unspecified atom stereocenters. The van der Waals surface area contributed by atoms with Gasteiger partial charge in [-0.05, 0) is 43.9 Å². The molecule has 0 aromatic carbocycles. The summed E-state index contributed by atoms with van der Waals surface area (Å²) in [5, 5.41) is 15.5. The zero-order valence-corrected chi connectivity index (χ0v) is 14.2. The second-order valence-corrected chi connectivity index (χ2v) is 6.92. The molecule has 6 heteroatoms. The standard InChI is InChI=1S/C14H24BrN3O2/c1-10-7-14(19,8-11(2)20-10)13-12(15)9-16-18(13)6-5-17(3)4/h9-11,19H,5-8H2,1-4H3. The van der Waals surface area contributed by atoms with E-state index >= 15 is 0 Å². The molecular formula is C14H24BrN3O2. The van der Waals surface area contributed by atoms with Crippen molar-refractivity contribution in [2.75, 3.05) is 20.6 Å². The van der Waals surface area contributed by atoms with Crippen molar-refractivity contribution in [3.8, 4) is 0 Å². The third-order valence-electron chi connectivity index (χ3n) is 3.71. The van der Waals surface area contributed by atoms with E-state index in [-0.39, 0.29) is 12.2 Å². The van der Waals surface area contributed by atoms with Crippen LogP contribution in [0.25, 0.3) is 0 Å². The molecule has 0 radical (unpaired) electrons. The normalized spacial score (nSPS) is 30.9.